The lowest BCUT2D eigenvalue weighted by Crippen LogP contribution is -2.52. The third-order valence-corrected chi connectivity index (χ3v) is 15.1. The molecule has 0 heterocycles. The van der Waals surface area contributed by atoms with Gasteiger partial charge in [-0.1, -0.05) is 46.3 Å². The number of fused-ring (bicyclic) bond motifs is 5. The van der Waals surface area contributed by atoms with Crippen molar-refractivity contribution in [2.24, 2.45) is 33.7 Å². The van der Waals surface area contributed by atoms with Gasteiger partial charge in [0.05, 0.1) is 0 Å². The normalized spacial score (nSPS) is 42.0. The molecule has 0 aromatic rings. The second kappa shape index (κ2) is 8.31. The zero-order valence-electron chi connectivity index (χ0n) is 21.2. The Kier molecular flexibility index (Phi) is 6.39. The van der Waals surface area contributed by atoms with Crippen LogP contribution >= 0.6 is 0 Å². The molecule has 0 spiro atoms. The molecule has 7 heteroatoms. The summed E-state index contributed by atoms with van der Waals surface area (Å²) in [7, 11) is -1.74. The van der Waals surface area contributed by atoms with Gasteiger partial charge < -0.3 is 4.43 Å². The van der Waals surface area contributed by atoms with Gasteiger partial charge in [0.25, 0.3) is 11.3 Å². The molecule has 4 rings (SSSR count). The van der Waals surface area contributed by atoms with Crippen molar-refractivity contribution >= 4 is 25.3 Å². The van der Waals surface area contributed by atoms with E-state index < -0.39 is 19.6 Å². The lowest BCUT2D eigenvalue weighted by Gasteiger charge is -2.57. The van der Waals surface area contributed by atoms with E-state index in [4.69, 9.17) is 8.98 Å². The summed E-state index contributed by atoms with van der Waals surface area (Å²) >= 11 is -2.09. The highest BCUT2D eigenvalue weighted by Crippen LogP contribution is 2.64. The lowest BCUT2D eigenvalue weighted by molar-refractivity contribution is -0.0194. The molecule has 4 aliphatic carbocycles. The first-order chi connectivity index (χ1) is 14.8. The highest BCUT2D eigenvalue weighted by Gasteiger charge is 2.58. The molecule has 5 nitrogen and oxygen atoms in total. The van der Waals surface area contributed by atoms with Crippen LogP contribution in [0.3, 0.4) is 0 Å². The molecule has 0 aromatic heterocycles. The van der Waals surface area contributed by atoms with Crippen LogP contribution in [-0.4, -0.2) is 28.9 Å². The SMILES string of the molecule is CC(C)(C)[Si](C)(C)O[C@H]1CC[C@@]2(C)C(=CCC3C2CC[C@]2(C)/C(=N\NS(=O)O)CCC32)C1. The van der Waals surface area contributed by atoms with Crippen LogP contribution in [0.25, 0.3) is 0 Å². The first kappa shape index (κ1) is 24.6. The van der Waals surface area contributed by atoms with E-state index in [0.717, 1.165) is 37.3 Å². The van der Waals surface area contributed by atoms with Crippen molar-refractivity contribution in [3.63, 3.8) is 0 Å². The zero-order chi connectivity index (χ0) is 23.5. The first-order valence-electron chi connectivity index (χ1n) is 12.6. The van der Waals surface area contributed by atoms with Crippen LogP contribution in [0, 0.1) is 28.6 Å². The van der Waals surface area contributed by atoms with Crippen LogP contribution in [-0.2, 0) is 15.7 Å². The van der Waals surface area contributed by atoms with Crippen LogP contribution < -0.4 is 4.83 Å². The molecule has 3 saturated carbocycles. The third-order valence-electron chi connectivity index (χ3n) is 10.3. The molecule has 4 unspecified atom stereocenters. The van der Waals surface area contributed by atoms with Crippen molar-refractivity contribution in [3.8, 4) is 0 Å². The smallest absolute Gasteiger partial charge is 0.275 e. The lowest BCUT2D eigenvalue weighted by atomic mass is 9.48. The summed E-state index contributed by atoms with van der Waals surface area (Å²) in [5.74, 6) is 2.08. The molecule has 32 heavy (non-hydrogen) atoms. The molecule has 7 atom stereocenters. The Morgan fingerprint density at radius 2 is 1.81 bits per heavy atom. The molecule has 0 amide bonds. The van der Waals surface area contributed by atoms with Crippen LogP contribution in [0.5, 0.6) is 0 Å². The maximum absolute atomic E-state index is 11.1. The number of hydrazone groups is 1. The second-order valence-corrected chi connectivity index (χ2v) is 18.3. The Hall–Kier alpha value is -0.503. The standard InChI is InChI=1S/C25H44N2O3SSi/c1-23(2,3)32(6,7)30-18-12-14-24(4)17(16-18)8-9-19-20-10-11-22(26-27-31(28)29)25(20,5)15-13-21(19)24/h8,18-21,27H,9-16H2,1-7H3,(H,28,29)/b26-22-/t18-,19?,20?,21?,24-,25-/m0/s1. The van der Waals surface area contributed by atoms with E-state index in [1.165, 1.54) is 25.7 Å². The van der Waals surface area contributed by atoms with Crippen molar-refractivity contribution in [1.82, 2.24) is 4.83 Å². The minimum atomic E-state index is -2.09. The van der Waals surface area contributed by atoms with Crippen molar-refractivity contribution in [2.75, 3.05) is 0 Å². The Labute approximate surface area is 198 Å². The van der Waals surface area contributed by atoms with Gasteiger partial charge in [-0.3, -0.25) is 4.55 Å². The van der Waals surface area contributed by atoms with Gasteiger partial charge in [-0.25, -0.2) is 9.04 Å². The maximum atomic E-state index is 11.1. The number of allylic oxidation sites excluding steroid dienone is 1. The van der Waals surface area contributed by atoms with Crippen molar-refractivity contribution in [3.05, 3.63) is 11.6 Å². The van der Waals surface area contributed by atoms with Crippen LogP contribution in [0.2, 0.25) is 18.1 Å². The van der Waals surface area contributed by atoms with E-state index in [-0.39, 0.29) is 10.5 Å². The molecule has 0 bridgehead atoms. The fourth-order valence-electron chi connectivity index (χ4n) is 7.39. The fourth-order valence-corrected chi connectivity index (χ4v) is 8.96. The number of hydrogen-bond acceptors (Lipinski definition) is 3. The molecule has 3 fully saturated rings. The van der Waals surface area contributed by atoms with E-state index in [1.54, 1.807) is 5.57 Å². The third kappa shape index (κ3) is 4.09. The summed E-state index contributed by atoms with van der Waals surface area (Å²) in [6.45, 7) is 16.7. The fraction of sp³-hybridized carbons (Fsp3) is 0.880. The largest absolute Gasteiger partial charge is 0.414 e. The van der Waals surface area contributed by atoms with Crippen molar-refractivity contribution in [2.45, 2.75) is 110 Å². The van der Waals surface area contributed by atoms with Crippen LogP contribution in [0.15, 0.2) is 16.8 Å². The number of nitrogens with zero attached hydrogens (tertiary/aromatic N) is 1. The minimum Gasteiger partial charge on any atom is -0.414 e. The molecule has 0 saturated heterocycles. The van der Waals surface area contributed by atoms with E-state index >= 15 is 0 Å². The van der Waals surface area contributed by atoms with E-state index in [2.05, 4.69) is 63.7 Å². The Morgan fingerprint density at radius 3 is 2.47 bits per heavy atom. The number of rotatable bonds is 4. The molecule has 182 valence electrons. The quantitative estimate of drug-likeness (QED) is 0.211. The molecule has 2 N–H and O–H groups in total. The van der Waals surface area contributed by atoms with E-state index in [0.29, 0.717) is 23.4 Å². The summed E-state index contributed by atoms with van der Waals surface area (Å²) in [5, 5.41) is 4.62. The predicted octanol–water partition coefficient (Wildman–Crippen LogP) is 6.42. The molecule has 0 aliphatic heterocycles. The average molecular weight is 481 g/mol. The second-order valence-electron chi connectivity index (χ2n) is 12.9. The van der Waals surface area contributed by atoms with E-state index in [9.17, 15) is 4.21 Å². The highest BCUT2D eigenvalue weighted by molar-refractivity contribution is 7.77. The minimum absolute atomic E-state index is 0.0673. The Balaban J connectivity index is 1.52. The van der Waals surface area contributed by atoms with Crippen molar-refractivity contribution < 1.29 is 13.2 Å². The highest BCUT2D eigenvalue weighted by atomic mass is 32.2. The molecule has 0 aromatic carbocycles. The van der Waals surface area contributed by atoms with Gasteiger partial charge in [0.15, 0.2) is 8.32 Å². The number of hydrogen-bond donors (Lipinski definition) is 2. The Bertz CT molecular complexity index is 836. The van der Waals surface area contributed by atoms with Gasteiger partial charge in [0.1, 0.15) is 0 Å². The van der Waals surface area contributed by atoms with Gasteiger partial charge >= 0.3 is 0 Å². The molecular formula is C25H44N2O3SSi. The van der Waals surface area contributed by atoms with Gasteiger partial charge in [0.2, 0.25) is 0 Å². The molecular weight excluding hydrogens is 436 g/mol. The topological polar surface area (TPSA) is 70.9 Å². The van der Waals surface area contributed by atoms with Gasteiger partial charge in [0, 0.05) is 17.2 Å². The molecule has 4 aliphatic rings. The summed E-state index contributed by atoms with van der Waals surface area (Å²) in [6.07, 6.45) is 12.2. The summed E-state index contributed by atoms with van der Waals surface area (Å²) in [4.78, 5) is 2.40. The summed E-state index contributed by atoms with van der Waals surface area (Å²) in [6, 6.07) is 0. The number of nitrogens with one attached hydrogen (secondary N) is 1. The summed E-state index contributed by atoms with van der Waals surface area (Å²) < 4.78 is 27.1. The maximum Gasteiger partial charge on any atom is 0.275 e. The van der Waals surface area contributed by atoms with Gasteiger partial charge in [-0.05, 0) is 92.7 Å². The van der Waals surface area contributed by atoms with Crippen LogP contribution in [0.1, 0.15) is 86.0 Å². The monoisotopic (exact) mass is 480 g/mol. The molecule has 0 radical (unpaired) electrons. The van der Waals surface area contributed by atoms with E-state index in [1.807, 2.05) is 0 Å². The van der Waals surface area contributed by atoms with Crippen LogP contribution in [0.4, 0.5) is 0 Å². The Morgan fingerprint density at radius 1 is 1.16 bits per heavy atom. The zero-order valence-corrected chi connectivity index (χ0v) is 23.0. The first-order valence-corrected chi connectivity index (χ1v) is 16.6. The summed E-state index contributed by atoms with van der Waals surface area (Å²) in [5.41, 5.74) is 3.15. The predicted molar refractivity (Wildman–Crippen MR) is 135 cm³/mol. The average Bonchev–Trinajstić information content (AvgIpc) is 3.02. The van der Waals surface area contributed by atoms with Gasteiger partial charge in [-0.2, -0.15) is 5.10 Å². The van der Waals surface area contributed by atoms with Crippen molar-refractivity contribution in [1.29, 1.82) is 0 Å². The van der Waals surface area contributed by atoms with Gasteiger partial charge in [-0.15, -0.1) is 0 Å².